The highest BCUT2D eigenvalue weighted by Crippen LogP contribution is 2.26. The largest absolute Gasteiger partial charge is 0.298 e. The summed E-state index contributed by atoms with van der Waals surface area (Å²) in [5.74, 6) is -0.216. The zero-order valence-electron chi connectivity index (χ0n) is 14.4. The van der Waals surface area contributed by atoms with E-state index in [2.05, 4.69) is 31.3 Å². The van der Waals surface area contributed by atoms with E-state index in [-0.39, 0.29) is 5.91 Å². The van der Waals surface area contributed by atoms with Gasteiger partial charge in [-0.15, -0.1) is 11.3 Å². The van der Waals surface area contributed by atoms with Gasteiger partial charge in [0.2, 0.25) is 0 Å². The number of hydrogen-bond donors (Lipinski definition) is 1. The Labute approximate surface area is 168 Å². The number of rotatable bonds is 4. The molecule has 0 unspecified atom stereocenters. The third-order valence-corrected chi connectivity index (χ3v) is 5.41. The molecule has 0 aliphatic carbocycles. The summed E-state index contributed by atoms with van der Waals surface area (Å²) in [6, 6.07) is 17.6. The third kappa shape index (κ3) is 3.70. The monoisotopic (exact) mass is 438 g/mol. The van der Waals surface area contributed by atoms with Gasteiger partial charge in [0, 0.05) is 15.4 Å². The Balaban J connectivity index is 1.53. The van der Waals surface area contributed by atoms with Crippen LogP contribution in [-0.4, -0.2) is 20.7 Å². The number of halogens is 1. The highest BCUT2D eigenvalue weighted by molar-refractivity contribution is 9.10. The molecule has 2 heterocycles. The lowest BCUT2D eigenvalue weighted by molar-refractivity contribution is 0.102. The molecule has 0 saturated carbocycles. The molecular weight excluding hydrogens is 424 g/mol. The highest BCUT2D eigenvalue weighted by Gasteiger charge is 2.16. The average Bonchev–Trinajstić information content (AvgIpc) is 3.30. The van der Waals surface area contributed by atoms with Crippen LogP contribution < -0.4 is 5.32 Å². The molecule has 0 atom stereocenters. The molecular formula is C20H15BrN4OS. The molecule has 7 heteroatoms. The standard InChI is InChI=1S/C20H15BrN4OS/c1-13-17(11-22-25(13)16-5-3-2-4-6-16)19(26)24-20-23-18(12-27-20)14-7-9-15(21)10-8-14/h2-12H,1H3,(H,23,24,26). The van der Waals surface area contributed by atoms with Gasteiger partial charge in [0.25, 0.3) is 5.91 Å². The summed E-state index contributed by atoms with van der Waals surface area (Å²) >= 11 is 4.82. The highest BCUT2D eigenvalue weighted by atomic mass is 79.9. The Morgan fingerprint density at radius 3 is 2.59 bits per heavy atom. The molecule has 0 saturated heterocycles. The number of para-hydroxylation sites is 1. The number of carbonyl (C=O) groups excluding carboxylic acids is 1. The van der Waals surface area contributed by atoms with Gasteiger partial charge in [-0.05, 0) is 31.2 Å². The molecule has 0 fully saturated rings. The maximum Gasteiger partial charge on any atom is 0.260 e. The molecule has 1 amide bonds. The smallest absolute Gasteiger partial charge is 0.260 e. The first-order valence-electron chi connectivity index (χ1n) is 8.24. The molecule has 5 nitrogen and oxygen atoms in total. The SMILES string of the molecule is Cc1c(C(=O)Nc2nc(-c3ccc(Br)cc3)cs2)cnn1-c1ccccc1. The number of nitrogens with zero attached hydrogens (tertiary/aromatic N) is 3. The van der Waals surface area contributed by atoms with Crippen molar-refractivity contribution in [2.24, 2.45) is 0 Å². The normalized spacial score (nSPS) is 10.7. The van der Waals surface area contributed by atoms with Crippen molar-refractivity contribution in [2.75, 3.05) is 5.32 Å². The number of nitrogens with one attached hydrogen (secondary N) is 1. The van der Waals surface area contributed by atoms with E-state index in [0.717, 1.165) is 27.1 Å². The molecule has 0 bridgehead atoms. The van der Waals surface area contributed by atoms with Gasteiger partial charge in [-0.3, -0.25) is 10.1 Å². The number of carbonyl (C=O) groups is 1. The van der Waals surface area contributed by atoms with E-state index in [1.807, 2.05) is 66.9 Å². The first-order chi connectivity index (χ1) is 13.1. The van der Waals surface area contributed by atoms with Crippen LogP contribution in [-0.2, 0) is 0 Å². The molecule has 134 valence electrons. The zero-order chi connectivity index (χ0) is 18.8. The minimum absolute atomic E-state index is 0.216. The quantitative estimate of drug-likeness (QED) is 0.468. The van der Waals surface area contributed by atoms with Crippen molar-refractivity contribution in [3.05, 3.63) is 81.9 Å². The minimum atomic E-state index is -0.216. The van der Waals surface area contributed by atoms with E-state index in [0.29, 0.717) is 10.7 Å². The molecule has 0 spiro atoms. The van der Waals surface area contributed by atoms with E-state index < -0.39 is 0 Å². The van der Waals surface area contributed by atoms with Gasteiger partial charge < -0.3 is 0 Å². The number of thiazole rings is 1. The van der Waals surface area contributed by atoms with Crippen LogP contribution in [0.2, 0.25) is 0 Å². The van der Waals surface area contributed by atoms with Crippen molar-refractivity contribution in [1.82, 2.24) is 14.8 Å². The van der Waals surface area contributed by atoms with Crippen LogP contribution in [0.15, 0.2) is 70.6 Å². The molecule has 4 aromatic rings. The Morgan fingerprint density at radius 2 is 1.85 bits per heavy atom. The van der Waals surface area contributed by atoms with E-state index in [4.69, 9.17) is 0 Å². The number of anilines is 1. The van der Waals surface area contributed by atoms with Crippen molar-refractivity contribution >= 4 is 38.3 Å². The Bertz CT molecular complexity index is 1090. The lowest BCUT2D eigenvalue weighted by Gasteiger charge is -2.05. The fourth-order valence-electron chi connectivity index (χ4n) is 2.71. The van der Waals surface area contributed by atoms with E-state index >= 15 is 0 Å². The fraction of sp³-hybridized carbons (Fsp3) is 0.0500. The van der Waals surface area contributed by atoms with Gasteiger partial charge in [-0.1, -0.05) is 46.3 Å². The minimum Gasteiger partial charge on any atom is -0.298 e. The number of hydrogen-bond acceptors (Lipinski definition) is 4. The van der Waals surface area contributed by atoms with E-state index in [9.17, 15) is 4.79 Å². The molecule has 2 aromatic heterocycles. The van der Waals surface area contributed by atoms with Crippen molar-refractivity contribution in [2.45, 2.75) is 6.92 Å². The molecule has 0 aliphatic rings. The van der Waals surface area contributed by atoms with Gasteiger partial charge in [0.1, 0.15) is 0 Å². The average molecular weight is 439 g/mol. The van der Waals surface area contributed by atoms with Crippen LogP contribution in [0.25, 0.3) is 16.9 Å². The third-order valence-electron chi connectivity index (χ3n) is 4.12. The number of benzene rings is 2. The first-order valence-corrected chi connectivity index (χ1v) is 9.92. The van der Waals surface area contributed by atoms with Crippen LogP contribution >= 0.6 is 27.3 Å². The number of amides is 1. The van der Waals surface area contributed by atoms with E-state index in [1.165, 1.54) is 11.3 Å². The Kier molecular flexibility index (Phi) is 4.87. The fourth-order valence-corrected chi connectivity index (χ4v) is 3.69. The molecule has 4 rings (SSSR count). The van der Waals surface area contributed by atoms with E-state index in [1.54, 1.807) is 10.9 Å². The molecule has 0 aliphatic heterocycles. The van der Waals surface area contributed by atoms with Crippen LogP contribution in [0.1, 0.15) is 16.1 Å². The van der Waals surface area contributed by atoms with Crippen molar-refractivity contribution in [3.63, 3.8) is 0 Å². The molecule has 0 radical (unpaired) electrons. The summed E-state index contributed by atoms with van der Waals surface area (Å²) in [5, 5.41) is 9.70. The topological polar surface area (TPSA) is 59.8 Å². The van der Waals surface area contributed by atoms with Gasteiger partial charge in [0.05, 0.1) is 28.8 Å². The summed E-state index contributed by atoms with van der Waals surface area (Å²) in [4.78, 5) is 17.2. The summed E-state index contributed by atoms with van der Waals surface area (Å²) in [6.45, 7) is 1.88. The van der Waals surface area contributed by atoms with Gasteiger partial charge in [-0.2, -0.15) is 5.10 Å². The number of aromatic nitrogens is 3. The Hall–Kier alpha value is -2.77. The predicted molar refractivity (Wildman–Crippen MR) is 112 cm³/mol. The second-order valence-electron chi connectivity index (χ2n) is 5.89. The predicted octanol–water partition coefficient (Wildman–Crippen LogP) is 5.32. The maximum atomic E-state index is 12.7. The molecule has 27 heavy (non-hydrogen) atoms. The molecule has 1 N–H and O–H groups in total. The van der Waals surface area contributed by atoms with Crippen LogP contribution in [0, 0.1) is 6.92 Å². The van der Waals surface area contributed by atoms with Gasteiger partial charge in [-0.25, -0.2) is 9.67 Å². The van der Waals surface area contributed by atoms with Crippen molar-refractivity contribution < 1.29 is 4.79 Å². The molecule has 2 aromatic carbocycles. The van der Waals surface area contributed by atoms with Gasteiger partial charge >= 0.3 is 0 Å². The Morgan fingerprint density at radius 1 is 1.11 bits per heavy atom. The second kappa shape index (κ2) is 7.46. The van der Waals surface area contributed by atoms with Crippen molar-refractivity contribution in [1.29, 1.82) is 0 Å². The lowest BCUT2D eigenvalue weighted by Crippen LogP contribution is -2.13. The zero-order valence-corrected chi connectivity index (χ0v) is 16.8. The lowest BCUT2D eigenvalue weighted by atomic mass is 10.2. The summed E-state index contributed by atoms with van der Waals surface area (Å²) in [7, 11) is 0. The van der Waals surface area contributed by atoms with Crippen molar-refractivity contribution in [3.8, 4) is 16.9 Å². The van der Waals surface area contributed by atoms with Crippen LogP contribution in [0.4, 0.5) is 5.13 Å². The van der Waals surface area contributed by atoms with Gasteiger partial charge in [0.15, 0.2) is 5.13 Å². The second-order valence-corrected chi connectivity index (χ2v) is 7.66. The summed E-state index contributed by atoms with van der Waals surface area (Å²) < 4.78 is 2.77. The summed E-state index contributed by atoms with van der Waals surface area (Å²) in [5.41, 5.74) is 4.06. The first kappa shape index (κ1) is 17.6. The maximum absolute atomic E-state index is 12.7. The van der Waals surface area contributed by atoms with Crippen LogP contribution in [0.5, 0.6) is 0 Å². The van der Waals surface area contributed by atoms with Crippen LogP contribution in [0.3, 0.4) is 0 Å². The summed E-state index contributed by atoms with van der Waals surface area (Å²) in [6.07, 6.45) is 1.58.